The van der Waals surface area contributed by atoms with Gasteiger partial charge in [0.15, 0.2) is 0 Å². The van der Waals surface area contributed by atoms with Crippen LogP contribution in [0.3, 0.4) is 0 Å². The number of nitro groups is 1. The molecule has 1 saturated carbocycles. The predicted octanol–water partition coefficient (Wildman–Crippen LogP) is 3.13. The molecule has 0 unspecified atom stereocenters. The largest absolute Gasteiger partial charge is 0.309 e. The van der Waals surface area contributed by atoms with Crippen molar-refractivity contribution < 1.29 is 4.92 Å². The zero-order valence-corrected chi connectivity index (χ0v) is 19.2. The van der Waals surface area contributed by atoms with Crippen LogP contribution in [0.5, 0.6) is 0 Å². The van der Waals surface area contributed by atoms with Crippen molar-refractivity contribution in [3.05, 3.63) is 51.1 Å². The molecule has 0 atom stereocenters. The minimum atomic E-state index is -0.466. The summed E-state index contributed by atoms with van der Waals surface area (Å²) in [6.45, 7) is 0.661. The second-order valence-electron chi connectivity index (χ2n) is 8.11. The molecular formula is C21H31N7O2S. The molecule has 1 heterocycles. The van der Waals surface area contributed by atoms with Crippen molar-refractivity contribution >= 4 is 17.0 Å². The van der Waals surface area contributed by atoms with Gasteiger partial charge in [0, 0.05) is 25.6 Å². The van der Waals surface area contributed by atoms with Gasteiger partial charge in [-0.25, -0.2) is 10.5 Å². The molecule has 0 radical (unpaired) electrons. The van der Waals surface area contributed by atoms with Gasteiger partial charge in [-0.05, 0) is 51.2 Å². The summed E-state index contributed by atoms with van der Waals surface area (Å²) >= 11 is 1.58. The molecule has 2 aromatic rings. The van der Waals surface area contributed by atoms with E-state index in [4.69, 9.17) is 10.8 Å². The Morgan fingerprint density at radius 3 is 2.61 bits per heavy atom. The smallest absolute Gasteiger partial charge is 0.255 e. The summed E-state index contributed by atoms with van der Waals surface area (Å²) in [5.41, 5.74) is 2.10. The molecule has 9 nitrogen and oxygen atoms in total. The number of aromatic nitrogens is 2. The van der Waals surface area contributed by atoms with Gasteiger partial charge >= 0.3 is 0 Å². The standard InChI is InChI=1S/C21H31N7O2S/c1-25(2)14-13-19(15-27(29)30)28(22)18-11-9-16(10-12-18)20-24-26(3)21(31-20)23-17-7-5-4-6-8-17/h9-12,15,17H,4-8,13-14,22H2,1-3H3. The first-order valence-corrected chi connectivity index (χ1v) is 11.4. The average molecular weight is 446 g/mol. The van der Waals surface area contributed by atoms with E-state index in [9.17, 15) is 10.1 Å². The van der Waals surface area contributed by atoms with Gasteiger partial charge in [-0.15, -0.1) is 0 Å². The fourth-order valence-corrected chi connectivity index (χ4v) is 4.55. The zero-order valence-electron chi connectivity index (χ0n) is 18.4. The predicted molar refractivity (Wildman–Crippen MR) is 124 cm³/mol. The van der Waals surface area contributed by atoms with E-state index in [0.717, 1.165) is 34.4 Å². The molecular weight excluding hydrogens is 414 g/mol. The number of anilines is 1. The molecule has 1 aromatic carbocycles. The monoisotopic (exact) mass is 445 g/mol. The Labute approximate surface area is 186 Å². The number of rotatable bonds is 8. The Balaban J connectivity index is 1.78. The Kier molecular flexibility index (Phi) is 7.94. The lowest BCUT2D eigenvalue weighted by Gasteiger charge is -2.21. The number of nitrogens with zero attached hydrogens (tertiary/aromatic N) is 6. The normalized spacial score (nSPS) is 16.2. The van der Waals surface area contributed by atoms with Crippen LogP contribution in [0.2, 0.25) is 0 Å². The maximum Gasteiger partial charge on any atom is 0.255 e. The molecule has 2 N–H and O–H groups in total. The van der Waals surface area contributed by atoms with Gasteiger partial charge in [0.1, 0.15) is 10.7 Å². The molecule has 1 aromatic heterocycles. The molecule has 0 bridgehead atoms. The molecule has 0 spiro atoms. The van der Waals surface area contributed by atoms with E-state index in [2.05, 4.69) is 5.10 Å². The van der Waals surface area contributed by atoms with Crippen LogP contribution in [0.15, 0.2) is 41.2 Å². The molecule has 168 valence electrons. The third-order valence-electron chi connectivity index (χ3n) is 5.34. The Hall–Kier alpha value is -2.56. The molecule has 0 saturated heterocycles. The maximum atomic E-state index is 11.0. The zero-order chi connectivity index (χ0) is 22.4. The average Bonchev–Trinajstić information content (AvgIpc) is 3.11. The lowest BCUT2D eigenvalue weighted by Crippen LogP contribution is -2.32. The van der Waals surface area contributed by atoms with Crippen molar-refractivity contribution in [2.75, 3.05) is 25.6 Å². The van der Waals surface area contributed by atoms with E-state index in [1.165, 1.54) is 24.3 Å². The molecule has 1 fully saturated rings. The fraction of sp³-hybridized carbons (Fsp3) is 0.524. The second-order valence-corrected chi connectivity index (χ2v) is 9.07. The summed E-state index contributed by atoms with van der Waals surface area (Å²) in [5.74, 6) is 6.20. The van der Waals surface area contributed by atoms with Crippen molar-refractivity contribution in [3.63, 3.8) is 0 Å². The van der Waals surface area contributed by atoms with E-state index in [-0.39, 0.29) is 0 Å². The van der Waals surface area contributed by atoms with Gasteiger partial charge in [-0.2, -0.15) is 5.10 Å². The van der Waals surface area contributed by atoms with Crippen molar-refractivity contribution in [1.82, 2.24) is 14.7 Å². The first kappa shape index (κ1) is 23.1. The Morgan fingerprint density at radius 2 is 2.00 bits per heavy atom. The Bertz CT molecular complexity index is 972. The summed E-state index contributed by atoms with van der Waals surface area (Å²) < 4.78 is 1.84. The number of hydrazine groups is 1. The molecule has 0 aliphatic heterocycles. The number of hydrogen-bond donors (Lipinski definition) is 1. The van der Waals surface area contributed by atoms with Gasteiger partial charge < -0.3 is 4.90 Å². The highest BCUT2D eigenvalue weighted by Gasteiger charge is 2.15. The van der Waals surface area contributed by atoms with Gasteiger partial charge in [-0.1, -0.05) is 30.6 Å². The van der Waals surface area contributed by atoms with Crippen molar-refractivity contribution in [3.8, 4) is 10.6 Å². The topological polar surface area (TPSA) is 106 Å². The molecule has 0 amide bonds. The van der Waals surface area contributed by atoms with Crippen LogP contribution in [-0.4, -0.2) is 46.3 Å². The van der Waals surface area contributed by atoms with Crippen LogP contribution in [0.25, 0.3) is 10.6 Å². The van der Waals surface area contributed by atoms with Crippen LogP contribution < -0.4 is 15.7 Å². The van der Waals surface area contributed by atoms with Crippen molar-refractivity contribution in [1.29, 1.82) is 0 Å². The van der Waals surface area contributed by atoms with Crippen LogP contribution in [0.1, 0.15) is 38.5 Å². The van der Waals surface area contributed by atoms with E-state index >= 15 is 0 Å². The minimum absolute atomic E-state index is 0.399. The van der Waals surface area contributed by atoms with Gasteiger partial charge in [0.05, 0.1) is 16.7 Å². The summed E-state index contributed by atoms with van der Waals surface area (Å²) in [6.07, 6.45) is 7.57. The first-order valence-electron chi connectivity index (χ1n) is 10.6. The number of nitrogens with two attached hydrogens (primary N) is 1. The summed E-state index contributed by atoms with van der Waals surface area (Å²) in [4.78, 5) is 18.4. The van der Waals surface area contributed by atoms with Gasteiger partial charge in [0.2, 0.25) is 4.80 Å². The third kappa shape index (κ3) is 6.46. The number of aryl methyl sites for hydroxylation is 1. The fourth-order valence-electron chi connectivity index (χ4n) is 3.58. The number of hydrogen-bond acceptors (Lipinski definition) is 8. The summed E-state index contributed by atoms with van der Waals surface area (Å²) in [7, 11) is 5.77. The van der Waals surface area contributed by atoms with Crippen LogP contribution in [0, 0.1) is 10.1 Å². The lowest BCUT2D eigenvalue weighted by atomic mass is 9.96. The third-order valence-corrected chi connectivity index (χ3v) is 6.41. The Morgan fingerprint density at radius 1 is 1.32 bits per heavy atom. The summed E-state index contributed by atoms with van der Waals surface area (Å²) in [6, 6.07) is 7.99. The second kappa shape index (κ2) is 10.7. The van der Waals surface area contributed by atoms with Gasteiger partial charge in [-0.3, -0.25) is 20.1 Å². The van der Waals surface area contributed by atoms with Crippen LogP contribution >= 0.6 is 11.3 Å². The van der Waals surface area contributed by atoms with Crippen LogP contribution in [-0.2, 0) is 7.05 Å². The molecule has 3 rings (SSSR count). The highest BCUT2D eigenvalue weighted by molar-refractivity contribution is 7.12. The van der Waals surface area contributed by atoms with Crippen molar-refractivity contribution in [2.45, 2.75) is 44.6 Å². The highest BCUT2D eigenvalue weighted by Crippen LogP contribution is 2.25. The van der Waals surface area contributed by atoms with Gasteiger partial charge in [0.25, 0.3) is 6.20 Å². The SMILES string of the molecule is CN(C)CCC(=C[N+](=O)[O-])N(N)c1ccc(-c2nn(C)c(=NC3CCCCC3)s2)cc1. The van der Waals surface area contributed by atoms with Crippen LogP contribution in [0.4, 0.5) is 5.69 Å². The first-order chi connectivity index (χ1) is 14.8. The molecule has 1 aliphatic carbocycles. The maximum absolute atomic E-state index is 11.0. The molecule has 1 aliphatic rings. The van der Waals surface area contributed by atoms with E-state index in [0.29, 0.717) is 30.4 Å². The van der Waals surface area contributed by atoms with E-state index < -0.39 is 4.92 Å². The molecule has 31 heavy (non-hydrogen) atoms. The highest BCUT2D eigenvalue weighted by atomic mass is 32.1. The summed E-state index contributed by atoms with van der Waals surface area (Å²) in [5, 5.41) is 17.9. The minimum Gasteiger partial charge on any atom is -0.309 e. The quantitative estimate of drug-likeness (QED) is 0.380. The molecule has 10 heteroatoms. The lowest BCUT2D eigenvalue weighted by molar-refractivity contribution is -0.403. The number of benzene rings is 1. The van der Waals surface area contributed by atoms with E-state index in [1.807, 2.05) is 55.0 Å². The van der Waals surface area contributed by atoms with E-state index in [1.54, 1.807) is 11.3 Å². The van der Waals surface area contributed by atoms with Crippen molar-refractivity contribution in [2.24, 2.45) is 17.9 Å².